The fraction of sp³-hybridized carbons (Fsp3) is 0.278. The summed E-state index contributed by atoms with van der Waals surface area (Å²) in [4.78, 5) is 24.5. The summed E-state index contributed by atoms with van der Waals surface area (Å²) in [6.45, 7) is 2.81. The SMILES string of the molecule is O=c1c2ccc(-c3ccccn3)cc2nc2n1C1CCN(C2)C1. The summed E-state index contributed by atoms with van der Waals surface area (Å²) < 4.78 is 1.92. The molecule has 2 atom stereocenters. The van der Waals surface area contributed by atoms with E-state index < -0.39 is 0 Å². The third-order valence-corrected chi connectivity index (χ3v) is 4.91. The van der Waals surface area contributed by atoms with Crippen molar-refractivity contribution in [1.29, 1.82) is 0 Å². The van der Waals surface area contributed by atoms with Crippen LogP contribution in [-0.2, 0) is 6.54 Å². The van der Waals surface area contributed by atoms with E-state index in [1.807, 2.05) is 41.0 Å². The molecule has 1 saturated heterocycles. The van der Waals surface area contributed by atoms with Gasteiger partial charge >= 0.3 is 0 Å². The van der Waals surface area contributed by atoms with Crippen molar-refractivity contribution >= 4 is 10.9 Å². The highest BCUT2D eigenvalue weighted by atomic mass is 16.1. The molecule has 23 heavy (non-hydrogen) atoms. The maximum Gasteiger partial charge on any atom is 0.261 e. The van der Waals surface area contributed by atoms with Crippen LogP contribution in [-0.4, -0.2) is 32.5 Å². The number of pyridine rings is 1. The van der Waals surface area contributed by atoms with E-state index >= 15 is 0 Å². The van der Waals surface area contributed by atoms with Gasteiger partial charge in [-0.3, -0.25) is 19.2 Å². The molecule has 0 amide bonds. The van der Waals surface area contributed by atoms with E-state index in [9.17, 15) is 4.79 Å². The van der Waals surface area contributed by atoms with E-state index in [1.54, 1.807) is 6.20 Å². The summed E-state index contributed by atoms with van der Waals surface area (Å²) in [6.07, 6.45) is 2.83. The molecule has 0 saturated carbocycles. The van der Waals surface area contributed by atoms with Gasteiger partial charge in [0.2, 0.25) is 0 Å². The maximum absolute atomic E-state index is 12.9. The Morgan fingerprint density at radius 3 is 3.00 bits per heavy atom. The van der Waals surface area contributed by atoms with Crippen LogP contribution in [0, 0.1) is 0 Å². The first-order chi connectivity index (χ1) is 11.3. The van der Waals surface area contributed by atoms with Gasteiger partial charge in [0.1, 0.15) is 5.82 Å². The predicted octanol–water partition coefficient (Wildman–Crippen LogP) is 2.22. The molecule has 2 aliphatic heterocycles. The van der Waals surface area contributed by atoms with Gasteiger partial charge in [-0.05, 0) is 30.7 Å². The second-order valence-electron chi connectivity index (χ2n) is 6.33. The smallest absolute Gasteiger partial charge is 0.261 e. The predicted molar refractivity (Wildman–Crippen MR) is 88.2 cm³/mol. The molecule has 2 unspecified atom stereocenters. The summed E-state index contributed by atoms with van der Waals surface area (Å²) >= 11 is 0. The van der Waals surface area contributed by atoms with Crippen LogP contribution in [0.2, 0.25) is 0 Å². The Hall–Kier alpha value is -2.53. The number of aromatic nitrogens is 3. The highest BCUT2D eigenvalue weighted by Crippen LogP contribution is 2.29. The first kappa shape index (κ1) is 13.0. The summed E-state index contributed by atoms with van der Waals surface area (Å²) in [5, 5.41) is 0.703. The van der Waals surface area contributed by atoms with Gasteiger partial charge in [0.15, 0.2) is 0 Å². The number of benzene rings is 1. The van der Waals surface area contributed by atoms with Crippen LogP contribution in [0.4, 0.5) is 0 Å². The molecule has 5 heteroatoms. The second-order valence-corrected chi connectivity index (χ2v) is 6.33. The summed E-state index contributed by atoms with van der Waals surface area (Å²) in [7, 11) is 0. The third kappa shape index (κ3) is 1.93. The molecular weight excluding hydrogens is 288 g/mol. The fourth-order valence-electron chi connectivity index (χ4n) is 3.79. The minimum Gasteiger partial charge on any atom is -0.294 e. The van der Waals surface area contributed by atoms with Crippen molar-refractivity contribution in [2.45, 2.75) is 19.0 Å². The van der Waals surface area contributed by atoms with Crippen molar-refractivity contribution < 1.29 is 0 Å². The molecule has 0 aliphatic carbocycles. The zero-order valence-electron chi connectivity index (χ0n) is 12.6. The van der Waals surface area contributed by atoms with Crippen LogP contribution < -0.4 is 5.56 Å². The molecule has 5 rings (SSSR count). The maximum atomic E-state index is 12.9. The van der Waals surface area contributed by atoms with Crippen molar-refractivity contribution in [2.24, 2.45) is 0 Å². The highest BCUT2D eigenvalue weighted by Gasteiger charge is 2.32. The Labute approximate surface area is 133 Å². The van der Waals surface area contributed by atoms with Crippen molar-refractivity contribution in [3.8, 4) is 11.3 Å². The zero-order chi connectivity index (χ0) is 15.4. The molecule has 1 aromatic carbocycles. The zero-order valence-corrected chi connectivity index (χ0v) is 12.6. The van der Waals surface area contributed by atoms with Gasteiger partial charge in [-0.25, -0.2) is 4.98 Å². The minimum absolute atomic E-state index is 0.101. The molecule has 4 heterocycles. The van der Waals surface area contributed by atoms with Gasteiger partial charge < -0.3 is 0 Å². The van der Waals surface area contributed by atoms with E-state index in [-0.39, 0.29) is 5.56 Å². The molecule has 3 aromatic rings. The van der Waals surface area contributed by atoms with Crippen molar-refractivity contribution in [1.82, 2.24) is 19.4 Å². The standard InChI is InChI=1S/C18H16N4O/c23-18-14-5-4-12(15-3-1-2-7-19-15)9-16(14)20-17-11-21-8-6-13(10-21)22(17)18/h1-5,7,9,13H,6,8,10-11H2. The topological polar surface area (TPSA) is 51.0 Å². The van der Waals surface area contributed by atoms with E-state index in [2.05, 4.69) is 9.88 Å². The van der Waals surface area contributed by atoms with Crippen LogP contribution in [0.25, 0.3) is 22.2 Å². The van der Waals surface area contributed by atoms with Gasteiger partial charge in [0, 0.05) is 24.8 Å². The van der Waals surface area contributed by atoms with Gasteiger partial charge in [0.05, 0.1) is 29.2 Å². The van der Waals surface area contributed by atoms with Crippen LogP contribution in [0.5, 0.6) is 0 Å². The number of nitrogens with zero attached hydrogens (tertiary/aromatic N) is 4. The molecule has 1 fully saturated rings. The lowest BCUT2D eigenvalue weighted by atomic mass is 10.1. The number of hydrogen-bond acceptors (Lipinski definition) is 4. The fourth-order valence-corrected chi connectivity index (χ4v) is 3.79. The molecule has 5 nitrogen and oxygen atoms in total. The monoisotopic (exact) mass is 304 g/mol. The number of hydrogen-bond donors (Lipinski definition) is 0. The Bertz CT molecular complexity index is 964. The Kier molecular flexibility index (Phi) is 2.67. The van der Waals surface area contributed by atoms with E-state index in [0.29, 0.717) is 11.4 Å². The molecule has 2 aliphatic rings. The lowest BCUT2D eigenvalue weighted by Gasteiger charge is -2.26. The Balaban J connectivity index is 1.73. The number of fused-ring (bicyclic) bond motifs is 5. The van der Waals surface area contributed by atoms with Crippen molar-refractivity contribution in [3.05, 3.63) is 58.8 Å². The first-order valence-corrected chi connectivity index (χ1v) is 7.98. The minimum atomic E-state index is 0.101. The molecule has 0 radical (unpaired) electrons. The van der Waals surface area contributed by atoms with E-state index in [1.165, 1.54) is 0 Å². The molecule has 0 N–H and O–H groups in total. The lowest BCUT2D eigenvalue weighted by molar-refractivity contribution is 0.266. The summed E-state index contributed by atoms with van der Waals surface area (Å²) in [5.74, 6) is 0.898. The van der Waals surface area contributed by atoms with Crippen LogP contribution in [0.3, 0.4) is 0 Å². The largest absolute Gasteiger partial charge is 0.294 e. The van der Waals surface area contributed by atoms with Gasteiger partial charge in [0.25, 0.3) is 5.56 Å². The van der Waals surface area contributed by atoms with Crippen molar-refractivity contribution in [2.75, 3.05) is 13.1 Å². The normalized spacial score (nSPS) is 22.3. The Morgan fingerprint density at radius 1 is 1.17 bits per heavy atom. The Morgan fingerprint density at radius 2 is 2.13 bits per heavy atom. The van der Waals surface area contributed by atoms with E-state index in [4.69, 9.17) is 4.98 Å². The first-order valence-electron chi connectivity index (χ1n) is 7.98. The molecule has 2 aromatic heterocycles. The molecule has 2 bridgehead atoms. The second kappa shape index (κ2) is 4.73. The molecule has 114 valence electrons. The average Bonchev–Trinajstić information content (AvgIpc) is 2.96. The number of rotatable bonds is 1. The van der Waals surface area contributed by atoms with Crippen LogP contribution in [0.1, 0.15) is 18.3 Å². The highest BCUT2D eigenvalue weighted by molar-refractivity contribution is 5.83. The average molecular weight is 304 g/mol. The van der Waals surface area contributed by atoms with Crippen LogP contribution in [0.15, 0.2) is 47.4 Å². The molecule has 0 spiro atoms. The summed E-state index contributed by atoms with van der Waals surface area (Å²) in [5.41, 5.74) is 2.77. The van der Waals surface area contributed by atoms with Crippen LogP contribution >= 0.6 is 0 Å². The van der Waals surface area contributed by atoms with E-state index in [0.717, 1.165) is 48.7 Å². The molecular formula is C18H16N4O. The van der Waals surface area contributed by atoms with Crippen molar-refractivity contribution in [3.63, 3.8) is 0 Å². The van der Waals surface area contributed by atoms with Gasteiger partial charge in [-0.15, -0.1) is 0 Å². The lowest BCUT2D eigenvalue weighted by Crippen LogP contribution is -2.37. The summed E-state index contributed by atoms with van der Waals surface area (Å²) in [6, 6.07) is 12.0. The van der Waals surface area contributed by atoms with Gasteiger partial charge in [-0.1, -0.05) is 12.1 Å². The van der Waals surface area contributed by atoms with Gasteiger partial charge in [-0.2, -0.15) is 0 Å². The third-order valence-electron chi connectivity index (χ3n) is 4.91. The quantitative estimate of drug-likeness (QED) is 0.692.